The third-order valence-corrected chi connectivity index (χ3v) is 3.21. The van der Waals surface area contributed by atoms with Gasteiger partial charge in [-0.05, 0) is 25.2 Å². The van der Waals surface area contributed by atoms with Gasteiger partial charge in [0, 0.05) is 19.5 Å². The number of carboxylic acid groups (broad SMARTS) is 1. The number of hydrogen-bond acceptors (Lipinski definition) is 3. The van der Waals surface area contributed by atoms with Crippen LogP contribution in [0.5, 0.6) is 0 Å². The molecular formula is C12H22N2O3. The summed E-state index contributed by atoms with van der Waals surface area (Å²) in [6.45, 7) is 3.26. The zero-order valence-corrected chi connectivity index (χ0v) is 10.4. The van der Waals surface area contributed by atoms with Crippen LogP contribution in [-0.4, -0.2) is 41.0 Å². The van der Waals surface area contributed by atoms with Gasteiger partial charge in [0.15, 0.2) is 0 Å². The molecule has 1 heterocycles. The summed E-state index contributed by atoms with van der Waals surface area (Å²) in [5, 5.41) is 8.76. The Morgan fingerprint density at radius 1 is 1.53 bits per heavy atom. The van der Waals surface area contributed by atoms with E-state index < -0.39 is 12.0 Å². The Morgan fingerprint density at radius 3 is 2.82 bits per heavy atom. The van der Waals surface area contributed by atoms with Crippen LogP contribution in [0.3, 0.4) is 0 Å². The number of likely N-dealkylation sites (tertiary alicyclic amines) is 1. The summed E-state index contributed by atoms with van der Waals surface area (Å²) in [7, 11) is 0. The predicted molar refractivity (Wildman–Crippen MR) is 64.4 cm³/mol. The van der Waals surface area contributed by atoms with Gasteiger partial charge in [-0.2, -0.15) is 0 Å². The highest BCUT2D eigenvalue weighted by atomic mass is 16.4. The van der Waals surface area contributed by atoms with Crippen LogP contribution in [0.2, 0.25) is 0 Å². The fourth-order valence-electron chi connectivity index (χ4n) is 2.35. The number of rotatable bonds is 5. The molecule has 0 aromatic rings. The van der Waals surface area contributed by atoms with E-state index in [2.05, 4.69) is 0 Å². The molecular weight excluding hydrogens is 220 g/mol. The Kier molecular flexibility index (Phi) is 5.41. The molecule has 0 saturated carbocycles. The van der Waals surface area contributed by atoms with E-state index in [1.165, 1.54) is 0 Å². The van der Waals surface area contributed by atoms with Crippen LogP contribution in [0.4, 0.5) is 0 Å². The zero-order valence-electron chi connectivity index (χ0n) is 10.4. The van der Waals surface area contributed by atoms with Crippen LogP contribution >= 0.6 is 0 Å². The van der Waals surface area contributed by atoms with Gasteiger partial charge in [0.2, 0.25) is 5.91 Å². The summed E-state index contributed by atoms with van der Waals surface area (Å²) in [4.78, 5) is 24.4. The second kappa shape index (κ2) is 6.59. The van der Waals surface area contributed by atoms with Crippen molar-refractivity contribution in [2.45, 2.75) is 45.1 Å². The Bertz CT molecular complexity index is 281. The number of carboxylic acids is 1. The molecule has 5 heteroatoms. The van der Waals surface area contributed by atoms with Gasteiger partial charge in [-0.3, -0.25) is 9.59 Å². The lowest BCUT2D eigenvalue weighted by Crippen LogP contribution is -2.48. The van der Waals surface area contributed by atoms with Crippen molar-refractivity contribution in [1.82, 2.24) is 4.90 Å². The molecule has 1 aliphatic heterocycles. The SMILES string of the molecule is CCC[C@@H](N)C(=O)N1CCCC(CC(=O)O)C1. The normalized spacial score (nSPS) is 22.2. The van der Waals surface area contributed by atoms with Gasteiger partial charge in [0.1, 0.15) is 0 Å². The number of aliphatic carboxylic acids is 1. The molecule has 2 atom stereocenters. The van der Waals surface area contributed by atoms with Crippen molar-refractivity contribution in [1.29, 1.82) is 0 Å². The maximum Gasteiger partial charge on any atom is 0.303 e. The highest BCUT2D eigenvalue weighted by Crippen LogP contribution is 2.20. The first kappa shape index (κ1) is 14.0. The van der Waals surface area contributed by atoms with Gasteiger partial charge in [0.05, 0.1) is 6.04 Å². The molecule has 0 aromatic heterocycles. The van der Waals surface area contributed by atoms with Crippen LogP contribution < -0.4 is 5.73 Å². The number of nitrogens with zero attached hydrogens (tertiary/aromatic N) is 1. The molecule has 0 radical (unpaired) electrons. The first-order valence-electron chi connectivity index (χ1n) is 6.30. The molecule has 1 aliphatic rings. The van der Waals surface area contributed by atoms with E-state index in [9.17, 15) is 9.59 Å². The van der Waals surface area contributed by atoms with Crippen molar-refractivity contribution in [3.8, 4) is 0 Å². The lowest BCUT2D eigenvalue weighted by atomic mass is 9.94. The number of carbonyl (C=O) groups excluding carboxylic acids is 1. The quantitative estimate of drug-likeness (QED) is 0.748. The van der Waals surface area contributed by atoms with E-state index in [0.29, 0.717) is 19.5 Å². The van der Waals surface area contributed by atoms with E-state index >= 15 is 0 Å². The van der Waals surface area contributed by atoms with Crippen LogP contribution in [0, 0.1) is 5.92 Å². The van der Waals surface area contributed by atoms with Crippen LogP contribution in [-0.2, 0) is 9.59 Å². The summed E-state index contributed by atoms with van der Waals surface area (Å²) in [6.07, 6.45) is 3.49. The van der Waals surface area contributed by atoms with Gasteiger partial charge in [-0.15, -0.1) is 0 Å². The van der Waals surface area contributed by atoms with Gasteiger partial charge in [-0.25, -0.2) is 0 Å². The largest absolute Gasteiger partial charge is 0.481 e. The molecule has 0 aromatic carbocycles. The smallest absolute Gasteiger partial charge is 0.303 e. The second-order valence-electron chi connectivity index (χ2n) is 4.79. The Hall–Kier alpha value is -1.10. The molecule has 1 rings (SSSR count). The number of hydrogen-bond donors (Lipinski definition) is 2. The monoisotopic (exact) mass is 242 g/mol. The first-order chi connectivity index (χ1) is 8.04. The molecule has 98 valence electrons. The number of amides is 1. The summed E-state index contributed by atoms with van der Waals surface area (Å²) in [5.41, 5.74) is 5.80. The topological polar surface area (TPSA) is 83.6 Å². The fraction of sp³-hybridized carbons (Fsp3) is 0.833. The second-order valence-corrected chi connectivity index (χ2v) is 4.79. The standard InChI is InChI=1S/C12H22N2O3/c1-2-4-10(13)12(17)14-6-3-5-9(8-14)7-11(15)16/h9-10H,2-8,13H2,1H3,(H,15,16)/t9?,10-/m1/s1. The van der Waals surface area contributed by atoms with E-state index in [4.69, 9.17) is 10.8 Å². The molecule has 1 amide bonds. The van der Waals surface area contributed by atoms with Gasteiger partial charge < -0.3 is 15.7 Å². The molecule has 0 aliphatic carbocycles. The minimum absolute atomic E-state index is 0.0260. The first-order valence-corrected chi connectivity index (χ1v) is 6.30. The fourth-order valence-corrected chi connectivity index (χ4v) is 2.35. The lowest BCUT2D eigenvalue weighted by molar-refractivity contribution is -0.141. The Morgan fingerprint density at radius 2 is 2.24 bits per heavy atom. The van der Waals surface area contributed by atoms with E-state index in [1.54, 1.807) is 4.90 Å². The maximum atomic E-state index is 12.0. The highest BCUT2D eigenvalue weighted by molar-refractivity contribution is 5.81. The predicted octanol–water partition coefficient (Wildman–Crippen LogP) is 0.827. The lowest BCUT2D eigenvalue weighted by Gasteiger charge is -2.33. The molecule has 5 nitrogen and oxygen atoms in total. The molecule has 0 spiro atoms. The maximum absolute atomic E-state index is 12.0. The van der Waals surface area contributed by atoms with Crippen molar-refractivity contribution in [2.75, 3.05) is 13.1 Å². The third-order valence-electron chi connectivity index (χ3n) is 3.21. The van der Waals surface area contributed by atoms with Gasteiger partial charge in [-0.1, -0.05) is 13.3 Å². The molecule has 3 N–H and O–H groups in total. The Labute approximate surface area is 102 Å². The minimum Gasteiger partial charge on any atom is -0.481 e. The molecule has 1 unspecified atom stereocenters. The third kappa shape index (κ3) is 4.34. The van der Waals surface area contributed by atoms with Crippen LogP contribution in [0.25, 0.3) is 0 Å². The van der Waals surface area contributed by atoms with Gasteiger partial charge >= 0.3 is 5.97 Å². The van der Waals surface area contributed by atoms with E-state index in [0.717, 1.165) is 19.3 Å². The van der Waals surface area contributed by atoms with Crippen LogP contribution in [0.15, 0.2) is 0 Å². The molecule has 1 fully saturated rings. The summed E-state index contributed by atoms with van der Waals surface area (Å²) < 4.78 is 0. The average molecular weight is 242 g/mol. The van der Waals surface area contributed by atoms with Crippen LogP contribution in [0.1, 0.15) is 39.0 Å². The van der Waals surface area contributed by atoms with Crippen molar-refractivity contribution < 1.29 is 14.7 Å². The van der Waals surface area contributed by atoms with Crippen molar-refractivity contribution >= 4 is 11.9 Å². The Balaban J connectivity index is 2.48. The minimum atomic E-state index is -0.790. The molecule has 1 saturated heterocycles. The van der Waals surface area contributed by atoms with Crippen molar-refractivity contribution in [2.24, 2.45) is 11.7 Å². The summed E-state index contributed by atoms with van der Waals surface area (Å²) in [6, 6.07) is -0.427. The molecule has 17 heavy (non-hydrogen) atoms. The van der Waals surface area contributed by atoms with E-state index in [-0.39, 0.29) is 18.2 Å². The van der Waals surface area contributed by atoms with E-state index in [1.807, 2.05) is 6.92 Å². The number of nitrogens with two attached hydrogens (primary N) is 1. The summed E-state index contributed by atoms with van der Waals surface area (Å²) in [5.74, 6) is -0.733. The van der Waals surface area contributed by atoms with Crippen molar-refractivity contribution in [3.63, 3.8) is 0 Å². The highest BCUT2D eigenvalue weighted by Gasteiger charge is 2.27. The zero-order chi connectivity index (χ0) is 12.8. The number of carbonyl (C=O) groups is 2. The van der Waals surface area contributed by atoms with Gasteiger partial charge in [0.25, 0.3) is 0 Å². The number of piperidine rings is 1. The summed E-state index contributed by atoms with van der Waals surface area (Å²) >= 11 is 0. The van der Waals surface area contributed by atoms with Crippen molar-refractivity contribution in [3.05, 3.63) is 0 Å². The average Bonchev–Trinajstić information content (AvgIpc) is 2.28. The molecule has 0 bridgehead atoms.